The lowest BCUT2D eigenvalue weighted by Gasteiger charge is -2.11. The van der Waals surface area contributed by atoms with E-state index in [9.17, 15) is 4.79 Å². The molecule has 2 aromatic rings. The van der Waals surface area contributed by atoms with Crippen LogP contribution in [0.4, 0.5) is 5.69 Å². The average molecular weight is 298 g/mol. The van der Waals surface area contributed by atoms with Crippen molar-refractivity contribution in [2.75, 3.05) is 11.1 Å². The third kappa shape index (κ3) is 4.39. The quantitative estimate of drug-likeness (QED) is 0.605. The van der Waals surface area contributed by atoms with Gasteiger partial charge in [-0.15, -0.1) is 18.3 Å². The number of primary amides is 1. The van der Waals surface area contributed by atoms with E-state index >= 15 is 0 Å². The summed E-state index contributed by atoms with van der Waals surface area (Å²) in [7, 11) is 0. The van der Waals surface area contributed by atoms with E-state index in [0.29, 0.717) is 12.1 Å². The minimum absolute atomic E-state index is 0.402. The molecule has 2 aromatic carbocycles. The Labute approximate surface area is 129 Å². The average Bonchev–Trinajstić information content (AvgIpc) is 2.52. The summed E-state index contributed by atoms with van der Waals surface area (Å²) in [5.74, 6) is 0.479. The summed E-state index contributed by atoms with van der Waals surface area (Å²) in [4.78, 5) is 12.2. The maximum atomic E-state index is 11.0. The predicted octanol–water partition coefficient (Wildman–Crippen LogP) is 3.68. The normalized spacial score (nSPS) is 10.1. The predicted molar refractivity (Wildman–Crippen MR) is 89.6 cm³/mol. The number of carbonyl (C=O) groups is 1. The number of benzene rings is 2. The number of nitrogens with two attached hydrogens (primary N) is 1. The van der Waals surface area contributed by atoms with Crippen molar-refractivity contribution in [3.8, 4) is 0 Å². The third-order valence-corrected chi connectivity index (χ3v) is 4.03. The van der Waals surface area contributed by atoms with Gasteiger partial charge in [0, 0.05) is 28.4 Å². The summed E-state index contributed by atoms with van der Waals surface area (Å²) < 4.78 is 0. The van der Waals surface area contributed by atoms with Crippen LogP contribution in [0.25, 0.3) is 0 Å². The number of para-hydroxylation sites is 1. The second-order valence-corrected chi connectivity index (χ2v) is 5.57. The van der Waals surface area contributed by atoms with Crippen LogP contribution in [0.15, 0.2) is 66.1 Å². The highest BCUT2D eigenvalue weighted by Gasteiger charge is 2.03. The summed E-state index contributed by atoms with van der Waals surface area (Å²) in [6, 6.07) is 15.5. The Balaban J connectivity index is 2.02. The molecular weight excluding hydrogens is 280 g/mol. The molecule has 0 unspecified atom stereocenters. The molecule has 0 aliphatic heterocycles. The van der Waals surface area contributed by atoms with Crippen molar-refractivity contribution in [1.29, 1.82) is 0 Å². The molecule has 2 rings (SSSR count). The standard InChI is InChI=1S/C17H18N2OS/c1-2-11-21-16-6-4-3-5-15(16)19-12-13-7-9-14(10-8-13)17(18)20/h2-10,19H,1,11-12H2,(H2,18,20). The monoisotopic (exact) mass is 298 g/mol. The molecular formula is C17H18N2OS. The van der Waals surface area contributed by atoms with Gasteiger partial charge in [0.05, 0.1) is 0 Å². The number of amides is 1. The first kappa shape index (κ1) is 15.2. The largest absolute Gasteiger partial charge is 0.380 e. The van der Waals surface area contributed by atoms with Gasteiger partial charge in [-0.3, -0.25) is 4.79 Å². The molecule has 0 atom stereocenters. The van der Waals surface area contributed by atoms with Gasteiger partial charge < -0.3 is 11.1 Å². The highest BCUT2D eigenvalue weighted by atomic mass is 32.2. The first-order chi connectivity index (χ1) is 10.2. The number of carbonyl (C=O) groups excluding carboxylic acids is 1. The van der Waals surface area contributed by atoms with Crippen LogP contribution in [0.2, 0.25) is 0 Å². The van der Waals surface area contributed by atoms with Crippen LogP contribution in [-0.4, -0.2) is 11.7 Å². The van der Waals surface area contributed by atoms with Gasteiger partial charge in [0.15, 0.2) is 0 Å². The van der Waals surface area contributed by atoms with Crippen molar-refractivity contribution in [2.45, 2.75) is 11.4 Å². The molecule has 1 amide bonds. The minimum Gasteiger partial charge on any atom is -0.380 e. The van der Waals surface area contributed by atoms with E-state index in [1.165, 1.54) is 4.90 Å². The van der Waals surface area contributed by atoms with Crippen molar-refractivity contribution in [3.63, 3.8) is 0 Å². The minimum atomic E-state index is -0.402. The molecule has 4 heteroatoms. The Morgan fingerprint density at radius 3 is 2.57 bits per heavy atom. The molecule has 0 aliphatic rings. The third-order valence-electron chi connectivity index (χ3n) is 2.97. The Hall–Kier alpha value is -2.20. The second kappa shape index (κ2) is 7.55. The lowest BCUT2D eigenvalue weighted by Crippen LogP contribution is -2.10. The molecule has 0 fully saturated rings. The number of anilines is 1. The SMILES string of the molecule is C=CCSc1ccccc1NCc1ccc(C(N)=O)cc1. The fourth-order valence-corrected chi connectivity index (χ4v) is 2.64. The lowest BCUT2D eigenvalue weighted by molar-refractivity contribution is 0.100. The molecule has 3 nitrogen and oxygen atoms in total. The first-order valence-electron chi connectivity index (χ1n) is 6.66. The number of hydrogen-bond acceptors (Lipinski definition) is 3. The van der Waals surface area contributed by atoms with E-state index in [1.54, 1.807) is 23.9 Å². The summed E-state index contributed by atoms with van der Waals surface area (Å²) in [5, 5.41) is 3.42. The van der Waals surface area contributed by atoms with Gasteiger partial charge in [-0.05, 0) is 29.8 Å². The van der Waals surface area contributed by atoms with Crippen LogP contribution in [0, 0.1) is 0 Å². The molecule has 0 saturated heterocycles. The highest BCUT2D eigenvalue weighted by Crippen LogP contribution is 2.27. The topological polar surface area (TPSA) is 55.1 Å². The maximum Gasteiger partial charge on any atom is 0.248 e. The molecule has 0 heterocycles. The van der Waals surface area contributed by atoms with Crippen molar-refractivity contribution in [1.82, 2.24) is 0 Å². The Morgan fingerprint density at radius 2 is 1.90 bits per heavy atom. The number of nitrogens with one attached hydrogen (secondary N) is 1. The number of hydrogen-bond donors (Lipinski definition) is 2. The van der Waals surface area contributed by atoms with Crippen LogP contribution in [0.1, 0.15) is 15.9 Å². The molecule has 3 N–H and O–H groups in total. The van der Waals surface area contributed by atoms with E-state index in [4.69, 9.17) is 5.73 Å². The molecule has 0 aromatic heterocycles. The van der Waals surface area contributed by atoms with Gasteiger partial charge in [0.1, 0.15) is 0 Å². The molecule has 21 heavy (non-hydrogen) atoms. The first-order valence-corrected chi connectivity index (χ1v) is 7.64. The van der Waals surface area contributed by atoms with Gasteiger partial charge >= 0.3 is 0 Å². The molecule has 108 valence electrons. The van der Waals surface area contributed by atoms with Crippen LogP contribution >= 0.6 is 11.8 Å². The van der Waals surface area contributed by atoms with Crippen molar-refractivity contribution in [3.05, 3.63) is 72.3 Å². The van der Waals surface area contributed by atoms with E-state index in [1.807, 2.05) is 30.3 Å². The fourth-order valence-electron chi connectivity index (χ4n) is 1.87. The van der Waals surface area contributed by atoms with Crippen LogP contribution in [0.5, 0.6) is 0 Å². The van der Waals surface area contributed by atoms with E-state index in [0.717, 1.165) is 17.0 Å². The maximum absolute atomic E-state index is 11.0. The summed E-state index contributed by atoms with van der Waals surface area (Å²) in [5.41, 5.74) is 7.96. The van der Waals surface area contributed by atoms with Gasteiger partial charge in [-0.1, -0.05) is 30.3 Å². The summed E-state index contributed by atoms with van der Waals surface area (Å²) in [6.07, 6.45) is 1.89. The molecule has 0 saturated carbocycles. The zero-order valence-electron chi connectivity index (χ0n) is 11.7. The lowest BCUT2D eigenvalue weighted by atomic mass is 10.1. The van der Waals surface area contributed by atoms with Gasteiger partial charge in [-0.25, -0.2) is 0 Å². The van der Waals surface area contributed by atoms with Gasteiger partial charge in [0.25, 0.3) is 0 Å². The smallest absolute Gasteiger partial charge is 0.248 e. The number of thioether (sulfide) groups is 1. The highest BCUT2D eigenvalue weighted by molar-refractivity contribution is 7.99. The summed E-state index contributed by atoms with van der Waals surface area (Å²) >= 11 is 1.75. The van der Waals surface area contributed by atoms with Gasteiger partial charge in [0.2, 0.25) is 5.91 Å². The second-order valence-electron chi connectivity index (χ2n) is 4.51. The van der Waals surface area contributed by atoms with Crippen molar-refractivity contribution < 1.29 is 4.79 Å². The van der Waals surface area contributed by atoms with Crippen molar-refractivity contribution >= 4 is 23.4 Å². The molecule has 0 radical (unpaired) electrons. The Morgan fingerprint density at radius 1 is 1.19 bits per heavy atom. The van der Waals surface area contributed by atoms with E-state index < -0.39 is 5.91 Å². The fraction of sp³-hybridized carbons (Fsp3) is 0.118. The van der Waals surface area contributed by atoms with E-state index in [2.05, 4.69) is 24.0 Å². The number of rotatable bonds is 7. The molecule has 0 bridgehead atoms. The zero-order chi connectivity index (χ0) is 15.1. The van der Waals surface area contributed by atoms with Crippen LogP contribution < -0.4 is 11.1 Å². The zero-order valence-corrected chi connectivity index (χ0v) is 12.5. The molecule has 0 aliphatic carbocycles. The van der Waals surface area contributed by atoms with Crippen LogP contribution in [-0.2, 0) is 6.54 Å². The van der Waals surface area contributed by atoms with E-state index in [-0.39, 0.29) is 0 Å². The Bertz CT molecular complexity index is 623. The Kier molecular flexibility index (Phi) is 5.46. The van der Waals surface area contributed by atoms with Crippen molar-refractivity contribution in [2.24, 2.45) is 5.73 Å². The van der Waals surface area contributed by atoms with Gasteiger partial charge in [-0.2, -0.15) is 0 Å². The molecule has 0 spiro atoms. The summed E-state index contributed by atoms with van der Waals surface area (Å²) in [6.45, 7) is 4.44. The van der Waals surface area contributed by atoms with Crippen LogP contribution in [0.3, 0.4) is 0 Å².